The Bertz CT molecular complexity index is 697. The van der Waals surface area contributed by atoms with Crippen LogP contribution in [0.25, 0.3) is 0 Å². The summed E-state index contributed by atoms with van der Waals surface area (Å²) in [7, 11) is 0. The zero-order valence-electron chi connectivity index (χ0n) is 10.9. The molecule has 0 bridgehead atoms. The molecule has 0 saturated heterocycles. The van der Waals surface area contributed by atoms with Gasteiger partial charge in [0, 0.05) is 21.1 Å². The second-order valence-electron chi connectivity index (χ2n) is 4.45. The van der Waals surface area contributed by atoms with Crippen LogP contribution in [-0.4, -0.2) is 4.92 Å². The summed E-state index contributed by atoms with van der Waals surface area (Å²) >= 11 is 8.97. The van der Waals surface area contributed by atoms with E-state index in [1.165, 1.54) is 12.1 Å². The fourth-order valence-corrected chi connectivity index (χ4v) is 2.47. The van der Waals surface area contributed by atoms with Gasteiger partial charge in [0.15, 0.2) is 0 Å². The molecule has 0 heterocycles. The molecule has 0 radical (unpaired) electrons. The number of anilines is 1. The van der Waals surface area contributed by atoms with Crippen LogP contribution < -0.4 is 5.32 Å². The SMILES string of the molecule is CC(Nc1cc(Br)ccc1[N+](=O)[O-])c1ccc(Cl)cc1F. The zero-order chi connectivity index (χ0) is 15.6. The Kier molecular flexibility index (Phi) is 4.80. The normalized spacial score (nSPS) is 12.0. The summed E-state index contributed by atoms with van der Waals surface area (Å²) in [5.74, 6) is -0.458. The van der Waals surface area contributed by atoms with Gasteiger partial charge in [-0.15, -0.1) is 0 Å². The maximum Gasteiger partial charge on any atom is 0.292 e. The number of nitrogens with zero attached hydrogens (tertiary/aromatic N) is 1. The molecule has 1 atom stereocenters. The first kappa shape index (κ1) is 15.7. The molecule has 21 heavy (non-hydrogen) atoms. The standard InChI is InChI=1S/C14H11BrClFN2O2/c1-8(11-4-3-10(16)7-12(11)17)18-13-6-9(15)2-5-14(13)19(20)21/h2-8,18H,1H3. The largest absolute Gasteiger partial charge is 0.373 e. The number of hydrogen-bond acceptors (Lipinski definition) is 3. The molecular formula is C14H11BrClFN2O2. The molecule has 0 aromatic heterocycles. The van der Waals surface area contributed by atoms with Crippen molar-refractivity contribution < 1.29 is 9.31 Å². The summed E-state index contributed by atoms with van der Waals surface area (Å²) in [6.07, 6.45) is 0. The molecule has 0 aliphatic rings. The average Bonchev–Trinajstić information content (AvgIpc) is 2.37. The molecule has 0 saturated carbocycles. The molecule has 4 nitrogen and oxygen atoms in total. The second-order valence-corrected chi connectivity index (χ2v) is 5.80. The highest BCUT2D eigenvalue weighted by Crippen LogP contribution is 2.31. The van der Waals surface area contributed by atoms with Gasteiger partial charge in [-0.25, -0.2) is 4.39 Å². The Morgan fingerprint density at radius 3 is 2.67 bits per heavy atom. The molecule has 1 N–H and O–H groups in total. The van der Waals surface area contributed by atoms with Crippen LogP contribution in [-0.2, 0) is 0 Å². The van der Waals surface area contributed by atoms with Gasteiger partial charge in [-0.05, 0) is 31.2 Å². The lowest BCUT2D eigenvalue weighted by Crippen LogP contribution is -2.10. The Balaban J connectivity index is 2.33. The summed E-state index contributed by atoms with van der Waals surface area (Å²) < 4.78 is 14.6. The first-order chi connectivity index (χ1) is 9.88. The van der Waals surface area contributed by atoms with Crippen molar-refractivity contribution in [3.05, 3.63) is 67.4 Å². The van der Waals surface area contributed by atoms with Gasteiger partial charge in [0.2, 0.25) is 0 Å². The minimum absolute atomic E-state index is 0.0700. The van der Waals surface area contributed by atoms with Crippen molar-refractivity contribution in [1.29, 1.82) is 0 Å². The summed E-state index contributed by atoms with van der Waals surface area (Å²) in [4.78, 5) is 10.5. The molecule has 0 aliphatic heterocycles. The maximum absolute atomic E-state index is 13.9. The number of hydrogen-bond donors (Lipinski definition) is 1. The topological polar surface area (TPSA) is 55.2 Å². The van der Waals surface area contributed by atoms with Gasteiger partial charge in [0.05, 0.1) is 11.0 Å². The van der Waals surface area contributed by atoms with E-state index in [1.54, 1.807) is 31.2 Å². The quantitative estimate of drug-likeness (QED) is 0.582. The van der Waals surface area contributed by atoms with Gasteiger partial charge in [-0.3, -0.25) is 10.1 Å². The van der Waals surface area contributed by atoms with Gasteiger partial charge in [0.1, 0.15) is 11.5 Å². The Morgan fingerprint density at radius 2 is 2.05 bits per heavy atom. The van der Waals surface area contributed by atoms with Crippen LogP contribution in [0.15, 0.2) is 40.9 Å². The van der Waals surface area contributed by atoms with Crippen molar-refractivity contribution in [2.75, 3.05) is 5.32 Å². The number of nitrogens with one attached hydrogen (secondary N) is 1. The highest BCUT2D eigenvalue weighted by molar-refractivity contribution is 9.10. The Hall–Kier alpha value is -1.66. The van der Waals surface area contributed by atoms with Gasteiger partial charge in [-0.1, -0.05) is 33.6 Å². The van der Waals surface area contributed by atoms with Crippen LogP contribution in [0, 0.1) is 15.9 Å². The number of halogens is 3. The maximum atomic E-state index is 13.9. The molecule has 2 aromatic rings. The lowest BCUT2D eigenvalue weighted by atomic mass is 10.1. The molecule has 110 valence electrons. The number of rotatable bonds is 4. The highest BCUT2D eigenvalue weighted by Gasteiger charge is 2.18. The second kappa shape index (κ2) is 6.41. The van der Waals surface area contributed by atoms with E-state index in [-0.39, 0.29) is 5.69 Å². The van der Waals surface area contributed by atoms with Crippen molar-refractivity contribution in [2.45, 2.75) is 13.0 Å². The molecule has 1 unspecified atom stereocenters. The molecule has 2 rings (SSSR count). The zero-order valence-corrected chi connectivity index (χ0v) is 13.3. The molecule has 2 aromatic carbocycles. The first-order valence-electron chi connectivity index (χ1n) is 6.04. The van der Waals surface area contributed by atoms with Crippen LogP contribution >= 0.6 is 27.5 Å². The molecule has 0 amide bonds. The lowest BCUT2D eigenvalue weighted by molar-refractivity contribution is -0.384. The van der Waals surface area contributed by atoms with E-state index in [4.69, 9.17) is 11.6 Å². The summed E-state index contributed by atoms with van der Waals surface area (Å²) in [6, 6.07) is 8.45. The van der Waals surface area contributed by atoms with Crippen molar-refractivity contribution in [2.24, 2.45) is 0 Å². The smallest absolute Gasteiger partial charge is 0.292 e. The summed E-state index contributed by atoms with van der Waals surface area (Å²) in [5, 5.41) is 14.3. The molecule has 7 heteroatoms. The fourth-order valence-electron chi connectivity index (χ4n) is 1.95. The van der Waals surface area contributed by atoms with Gasteiger partial charge in [0.25, 0.3) is 5.69 Å². The minimum atomic E-state index is -0.486. The molecule has 0 fully saturated rings. The third-order valence-electron chi connectivity index (χ3n) is 2.96. The molecule has 0 spiro atoms. The predicted molar refractivity (Wildman–Crippen MR) is 84.2 cm³/mol. The number of nitro benzene ring substituents is 1. The first-order valence-corrected chi connectivity index (χ1v) is 7.21. The van der Waals surface area contributed by atoms with Crippen molar-refractivity contribution in [3.8, 4) is 0 Å². The Labute approximate surface area is 134 Å². The van der Waals surface area contributed by atoms with Crippen LogP contribution in [0.3, 0.4) is 0 Å². The van der Waals surface area contributed by atoms with E-state index in [2.05, 4.69) is 21.2 Å². The molecule has 0 aliphatic carbocycles. The Morgan fingerprint density at radius 1 is 1.33 bits per heavy atom. The van der Waals surface area contributed by atoms with E-state index in [9.17, 15) is 14.5 Å². The van der Waals surface area contributed by atoms with Gasteiger partial charge in [-0.2, -0.15) is 0 Å². The third kappa shape index (κ3) is 3.71. The van der Waals surface area contributed by atoms with E-state index in [0.29, 0.717) is 20.7 Å². The van der Waals surface area contributed by atoms with Crippen molar-refractivity contribution in [3.63, 3.8) is 0 Å². The van der Waals surface area contributed by atoms with Gasteiger partial charge >= 0.3 is 0 Å². The monoisotopic (exact) mass is 372 g/mol. The van der Waals surface area contributed by atoms with E-state index < -0.39 is 16.8 Å². The average molecular weight is 374 g/mol. The van der Waals surface area contributed by atoms with Gasteiger partial charge < -0.3 is 5.32 Å². The van der Waals surface area contributed by atoms with Crippen molar-refractivity contribution >= 4 is 38.9 Å². The third-order valence-corrected chi connectivity index (χ3v) is 3.68. The highest BCUT2D eigenvalue weighted by atomic mass is 79.9. The van der Waals surface area contributed by atoms with E-state index >= 15 is 0 Å². The lowest BCUT2D eigenvalue weighted by Gasteiger charge is -2.16. The summed E-state index contributed by atoms with van der Waals surface area (Å²) in [5.41, 5.74) is 0.629. The minimum Gasteiger partial charge on any atom is -0.373 e. The summed E-state index contributed by atoms with van der Waals surface area (Å²) in [6.45, 7) is 1.72. The van der Waals surface area contributed by atoms with Crippen molar-refractivity contribution in [1.82, 2.24) is 0 Å². The van der Waals surface area contributed by atoms with Crippen LogP contribution in [0.2, 0.25) is 5.02 Å². The molecular weight excluding hydrogens is 363 g/mol. The van der Waals surface area contributed by atoms with Crippen LogP contribution in [0.1, 0.15) is 18.5 Å². The number of benzene rings is 2. The van der Waals surface area contributed by atoms with Crippen LogP contribution in [0.4, 0.5) is 15.8 Å². The predicted octanol–water partition coefficient (Wildman–Crippen LogP) is 5.32. The van der Waals surface area contributed by atoms with Crippen LogP contribution in [0.5, 0.6) is 0 Å². The van der Waals surface area contributed by atoms with E-state index in [0.717, 1.165) is 0 Å². The fraction of sp³-hybridized carbons (Fsp3) is 0.143. The number of nitro groups is 1. The van der Waals surface area contributed by atoms with E-state index in [1.807, 2.05) is 0 Å².